The maximum atomic E-state index is 12.1. The van der Waals surface area contributed by atoms with Crippen LogP contribution in [0.1, 0.15) is 38.2 Å². The summed E-state index contributed by atoms with van der Waals surface area (Å²) in [6, 6.07) is 8.08. The highest BCUT2D eigenvalue weighted by molar-refractivity contribution is 7.80. The smallest absolute Gasteiger partial charge is 0.225 e. The molecule has 114 valence electrons. The number of hydrogen-bond acceptors (Lipinski definition) is 3. The Morgan fingerprint density at radius 1 is 1.38 bits per heavy atom. The molecular formula is C16H23N3OS. The second kappa shape index (κ2) is 7.52. The molecule has 0 unspecified atom stereocenters. The standard InChI is InChI=1S/C16H23N3OS/c1-2-10-19(12-7-8-12)11-9-15(20)18-14-6-4-3-5-13(14)16(17)21/h3-6,12H,2,7-11H2,1H3,(H2,17,21)(H,18,20). The number of amides is 1. The van der Waals surface area contributed by atoms with Crippen molar-refractivity contribution in [2.45, 2.75) is 38.6 Å². The molecule has 1 aromatic carbocycles. The van der Waals surface area contributed by atoms with E-state index in [1.165, 1.54) is 12.8 Å². The Bertz CT molecular complexity index is 514. The summed E-state index contributed by atoms with van der Waals surface area (Å²) in [5.74, 6) is 0.0143. The van der Waals surface area contributed by atoms with Gasteiger partial charge in [-0.3, -0.25) is 9.69 Å². The van der Waals surface area contributed by atoms with Crippen LogP contribution >= 0.6 is 12.2 Å². The number of hydrogen-bond donors (Lipinski definition) is 2. The summed E-state index contributed by atoms with van der Waals surface area (Å²) < 4.78 is 0. The fraction of sp³-hybridized carbons (Fsp3) is 0.500. The van der Waals surface area contributed by atoms with Crippen LogP contribution in [0.5, 0.6) is 0 Å². The zero-order valence-corrected chi connectivity index (χ0v) is 13.3. The molecular weight excluding hydrogens is 282 g/mol. The van der Waals surface area contributed by atoms with Crippen LogP contribution in [-0.4, -0.2) is 34.9 Å². The Morgan fingerprint density at radius 2 is 2.10 bits per heavy atom. The van der Waals surface area contributed by atoms with E-state index in [-0.39, 0.29) is 5.91 Å². The Hall–Kier alpha value is -1.46. The predicted octanol–water partition coefficient (Wildman–Crippen LogP) is 2.52. The monoisotopic (exact) mass is 305 g/mol. The third kappa shape index (κ3) is 4.79. The number of nitrogens with one attached hydrogen (secondary N) is 1. The number of benzene rings is 1. The van der Waals surface area contributed by atoms with Crippen molar-refractivity contribution in [1.29, 1.82) is 0 Å². The molecule has 0 aliphatic heterocycles. The summed E-state index contributed by atoms with van der Waals surface area (Å²) in [6.07, 6.45) is 4.17. The van der Waals surface area contributed by atoms with Crippen LogP contribution < -0.4 is 11.1 Å². The van der Waals surface area contributed by atoms with E-state index in [9.17, 15) is 4.79 Å². The third-order valence-corrected chi connectivity index (χ3v) is 3.89. The van der Waals surface area contributed by atoms with Crippen LogP contribution in [-0.2, 0) is 4.79 Å². The second-order valence-electron chi connectivity index (χ2n) is 5.48. The lowest BCUT2D eigenvalue weighted by atomic mass is 10.1. The maximum absolute atomic E-state index is 12.1. The van der Waals surface area contributed by atoms with Crippen LogP contribution in [0, 0.1) is 0 Å². The summed E-state index contributed by atoms with van der Waals surface area (Å²) in [5, 5.41) is 2.92. The summed E-state index contributed by atoms with van der Waals surface area (Å²) in [7, 11) is 0. The highest BCUT2D eigenvalue weighted by Crippen LogP contribution is 2.27. The number of carbonyl (C=O) groups is 1. The number of anilines is 1. The van der Waals surface area contributed by atoms with Gasteiger partial charge in [-0.15, -0.1) is 0 Å². The Labute approximate surface area is 131 Å². The summed E-state index contributed by atoms with van der Waals surface area (Å²) in [4.78, 5) is 14.8. The first-order chi connectivity index (χ1) is 10.1. The molecule has 0 bridgehead atoms. The lowest BCUT2D eigenvalue weighted by Crippen LogP contribution is -2.30. The molecule has 0 aromatic heterocycles. The Kier molecular flexibility index (Phi) is 5.70. The lowest BCUT2D eigenvalue weighted by Gasteiger charge is -2.20. The van der Waals surface area contributed by atoms with Gasteiger partial charge in [0.05, 0.1) is 5.69 Å². The van der Waals surface area contributed by atoms with E-state index >= 15 is 0 Å². The van der Waals surface area contributed by atoms with Crippen molar-refractivity contribution in [1.82, 2.24) is 4.90 Å². The van der Waals surface area contributed by atoms with Gasteiger partial charge in [0.1, 0.15) is 4.99 Å². The van der Waals surface area contributed by atoms with Crippen molar-refractivity contribution in [3.63, 3.8) is 0 Å². The minimum atomic E-state index is 0.0143. The van der Waals surface area contributed by atoms with Crippen molar-refractivity contribution in [3.8, 4) is 0 Å². The molecule has 0 spiro atoms. The third-order valence-electron chi connectivity index (χ3n) is 3.67. The molecule has 0 heterocycles. The normalized spacial score (nSPS) is 14.2. The molecule has 1 aromatic rings. The van der Waals surface area contributed by atoms with Crippen LogP contribution in [0.15, 0.2) is 24.3 Å². The molecule has 1 aliphatic carbocycles. The van der Waals surface area contributed by atoms with Gasteiger partial charge in [0, 0.05) is 24.6 Å². The summed E-state index contributed by atoms with van der Waals surface area (Å²) in [5.41, 5.74) is 7.09. The number of carbonyl (C=O) groups excluding carboxylic acids is 1. The highest BCUT2D eigenvalue weighted by Gasteiger charge is 2.28. The molecule has 0 saturated heterocycles. The second-order valence-corrected chi connectivity index (χ2v) is 5.91. The van der Waals surface area contributed by atoms with Gasteiger partial charge in [0.15, 0.2) is 0 Å². The van der Waals surface area contributed by atoms with E-state index in [0.717, 1.165) is 19.5 Å². The molecule has 5 heteroatoms. The predicted molar refractivity (Wildman–Crippen MR) is 90.5 cm³/mol. The molecule has 2 rings (SSSR count). The average Bonchev–Trinajstić information content (AvgIpc) is 3.28. The van der Waals surface area contributed by atoms with Crippen LogP contribution in [0.3, 0.4) is 0 Å². The highest BCUT2D eigenvalue weighted by atomic mass is 32.1. The first kappa shape index (κ1) is 15.9. The topological polar surface area (TPSA) is 58.4 Å². The molecule has 1 aliphatic rings. The molecule has 0 atom stereocenters. The number of rotatable bonds is 8. The van der Waals surface area contributed by atoms with Gasteiger partial charge in [-0.2, -0.15) is 0 Å². The lowest BCUT2D eigenvalue weighted by molar-refractivity contribution is -0.116. The number of para-hydroxylation sites is 1. The molecule has 0 radical (unpaired) electrons. The minimum absolute atomic E-state index is 0.0143. The first-order valence-corrected chi connectivity index (χ1v) is 7.95. The van der Waals surface area contributed by atoms with Crippen molar-refractivity contribution >= 4 is 28.8 Å². The molecule has 1 amide bonds. The van der Waals surface area contributed by atoms with Crippen LogP contribution in [0.4, 0.5) is 5.69 Å². The number of thiocarbonyl (C=S) groups is 1. The Balaban J connectivity index is 1.88. The van der Waals surface area contributed by atoms with Crippen molar-refractivity contribution in [2.24, 2.45) is 5.73 Å². The SMILES string of the molecule is CCCN(CCC(=O)Nc1ccccc1C(N)=S)C1CC1. The quantitative estimate of drug-likeness (QED) is 0.725. The van der Waals surface area contributed by atoms with Gasteiger partial charge in [-0.05, 0) is 37.9 Å². The van der Waals surface area contributed by atoms with E-state index < -0.39 is 0 Å². The molecule has 21 heavy (non-hydrogen) atoms. The maximum Gasteiger partial charge on any atom is 0.225 e. The van der Waals surface area contributed by atoms with Crippen LogP contribution in [0.25, 0.3) is 0 Å². The van der Waals surface area contributed by atoms with Gasteiger partial charge in [0.2, 0.25) is 5.91 Å². The van der Waals surface area contributed by atoms with Crippen molar-refractivity contribution < 1.29 is 4.79 Å². The van der Waals surface area contributed by atoms with E-state index in [2.05, 4.69) is 17.1 Å². The zero-order valence-electron chi connectivity index (χ0n) is 12.5. The van der Waals surface area contributed by atoms with Gasteiger partial charge in [-0.25, -0.2) is 0 Å². The minimum Gasteiger partial charge on any atom is -0.389 e. The number of nitrogens with two attached hydrogens (primary N) is 1. The molecule has 1 saturated carbocycles. The molecule has 1 fully saturated rings. The molecule has 4 nitrogen and oxygen atoms in total. The van der Waals surface area contributed by atoms with E-state index in [1.54, 1.807) is 0 Å². The van der Waals surface area contributed by atoms with Crippen LogP contribution in [0.2, 0.25) is 0 Å². The van der Waals surface area contributed by atoms with Gasteiger partial charge >= 0.3 is 0 Å². The fourth-order valence-corrected chi connectivity index (χ4v) is 2.65. The van der Waals surface area contributed by atoms with E-state index in [0.29, 0.717) is 28.7 Å². The first-order valence-electron chi connectivity index (χ1n) is 7.54. The average molecular weight is 305 g/mol. The largest absolute Gasteiger partial charge is 0.389 e. The number of nitrogens with zero attached hydrogens (tertiary/aromatic N) is 1. The summed E-state index contributed by atoms with van der Waals surface area (Å²) >= 11 is 5.00. The van der Waals surface area contributed by atoms with Gasteiger partial charge < -0.3 is 11.1 Å². The van der Waals surface area contributed by atoms with Crippen molar-refractivity contribution in [3.05, 3.63) is 29.8 Å². The Morgan fingerprint density at radius 3 is 2.71 bits per heavy atom. The van der Waals surface area contributed by atoms with E-state index in [4.69, 9.17) is 18.0 Å². The fourth-order valence-electron chi connectivity index (χ4n) is 2.47. The van der Waals surface area contributed by atoms with Gasteiger partial charge in [-0.1, -0.05) is 31.3 Å². The van der Waals surface area contributed by atoms with Crippen molar-refractivity contribution in [2.75, 3.05) is 18.4 Å². The van der Waals surface area contributed by atoms with E-state index in [1.807, 2.05) is 24.3 Å². The molecule has 3 N–H and O–H groups in total. The summed E-state index contributed by atoms with van der Waals surface area (Å²) in [6.45, 7) is 4.06. The zero-order chi connectivity index (χ0) is 15.2. The van der Waals surface area contributed by atoms with Gasteiger partial charge in [0.25, 0.3) is 0 Å².